The standard InChI is InChI=1S/C25H26F2N4O2/c1-2-16-19(26)5-4-14-10-15(32)11-17(20(14)16)23-21(27)22(28)18(12-30-23)24(29)31-8-3-6-25(13-31)7-9-33-25/h4-5,10-12,29,32H,2-3,6-9,13H2,1H3,(H2,28,30)/t25-/m0/s1. The maximum Gasteiger partial charge on any atom is 0.173 e. The van der Waals surface area contributed by atoms with E-state index in [2.05, 4.69) is 4.98 Å². The van der Waals surface area contributed by atoms with Gasteiger partial charge in [0.1, 0.15) is 23.1 Å². The Morgan fingerprint density at radius 1 is 1.30 bits per heavy atom. The number of phenols is 1. The normalized spacial score (nSPS) is 20.3. The van der Waals surface area contributed by atoms with Gasteiger partial charge in [-0.3, -0.25) is 10.4 Å². The lowest BCUT2D eigenvalue weighted by molar-refractivity contribution is -0.168. The molecule has 2 fully saturated rings. The zero-order chi connectivity index (χ0) is 23.3. The molecule has 3 heterocycles. The predicted octanol–water partition coefficient (Wildman–Crippen LogP) is 4.61. The number of nitrogens with one attached hydrogen (secondary N) is 1. The van der Waals surface area contributed by atoms with Crippen LogP contribution in [0.3, 0.4) is 0 Å². The fraction of sp³-hybridized carbons (Fsp3) is 0.360. The zero-order valence-corrected chi connectivity index (χ0v) is 18.4. The van der Waals surface area contributed by atoms with E-state index in [4.69, 9.17) is 15.9 Å². The van der Waals surface area contributed by atoms with Gasteiger partial charge >= 0.3 is 0 Å². The third-order valence-electron chi connectivity index (χ3n) is 6.90. The molecule has 33 heavy (non-hydrogen) atoms. The Labute approximate surface area is 190 Å². The highest BCUT2D eigenvalue weighted by atomic mass is 19.1. The second kappa shape index (κ2) is 7.95. The molecule has 5 rings (SSSR count). The average molecular weight is 453 g/mol. The molecule has 8 heteroatoms. The number of aryl methyl sites for hydroxylation is 1. The van der Waals surface area contributed by atoms with Crippen molar-refractivity contribution in [3.05, 3.63) is 53.2 Å². The van der Waals surface area contributed by atoms with Crippen LogP contribution in [-0.2, 0) is 11.2 Å². The molecule has 0 radical (unpaired) electrons. The number of aromatic nitrogens is 1. The molecule has 2 aromatic carbocycles. The van der Waals surface area contributed by atoms with Crippen LogP contribution < -0.4 is 5.73 Å². The first-order valence-electron chi connectivity index (χ1n) is 11.2. The monoisotopic (exact) mass is 452 g/mol. The van der Waals surface area contributed by atoms with Gasteiger partial charge in [0, 0.05) is 31.3 Å². The van der Waals surface area contributed by atoms with Crippen molar-refractivity contribution in [1.29, 1.82) is 5.41 Å². The van der Waals surface area contributed by atoms with Gasteiger partial charge in [-0.15, -0.1) is 0 Å². The lowest BCUT2D eigenvalue weighted by atomic mass is 9.85. The van der Waals surface area contributed by atoms with Crippen LogP contribution in [0.15, 0.2) is 30.5 Å². The summed E-state index contributed by atoms with van der Waals surface area (Å²) in [5.74, 6) is -1.16. The number of nitrogens with two attached hydrogens (primary N) is 1. The lowest BCUT2D eigenvalue weighted by Crippen LogP contribution is -2.57. The van der Waals surface area contributed by atoms with E-state index in [1.54, 1.807) is 6.07 Å². The lowest BCUT2D eigenvalue weighted by Gasteiger charge is -2.49. The summed E-state index contributed by atoms with van der Waals surface area (Å²) in [6.07, 6.45) is 4.58. The highest BCUT2D eigenvalue weighted by molar-refractivity contribution is 6.03. The minimum Gasteiger partial charge on any atom is -0.508 e. The number of hydrogen-bond acceptors (Lipinski definition) is 5. The first-order valence-corrected chi connectivity index (χ1v) is 11.2. The molecule has 0 aliphatic carbocycles. The number of amidine groups is 1. The van der Waals surface area contributed by atoms with E-state index in [1.165, 1.54) is 24.4 Å². The molecular formula is C25H26F2N4O2. The second-order valence-corrected chi connectivity index (χ2v) is 8.87. The van der Waals surface area contributed by atoms with Crippen molar-refractivity contribution in [3.63, 3.8) is 0 Å². The van der Waals surface area contributed by atoms with E-state index in [-0.39, 0.29) is 39.7 Å². The summed E-state index contributed by atoms with van der Waals surface area (Å²) in [5.41, 5.74) is 6.58. The Bertz CT molecular complexity index is 1270. The number of halogens is 2. The summed E-state index contributed by atoms with van der Waals surface area (Å²) in [5, 5.41) is 20.0. The third kappa shape index (κ3) is 3.49. The smallest absolute Gasteiger partial charge is 0.173 e. The van der Waals surface area contributed by atoms with Gasteiger partial charge in [-0.2, -0.15) is 0 Å². The van der Waals surface area contributed by atoms with Gasteiger partial charge in [-0.05, 0) is 53.8 Å². The van der Waals surface area contributed by atoms with Crippen molar-refractivity contribution >= 4 is 22.3 Å². The summed E-state index contributed by atoms with van der Waals surface area (Å²) in [6.45, 7) is 3.79. The highest BCUT2D eigenvalue weighted by Crippen LogP contribution is 2.39. The molecule has 0 amide bonds. The van der Waals surface area contributed by atoms with Gasteiger partial charge in [0.15, 0.2) is 5.82 Å². The number of hydrogen-bond donors (Lipinski definition) is 3. The number of fused-ring (bicyclic) bond motifs is 1. The summed E-state index contributed by atoms with van der Waals surface area (Å²) < 4.78 is 35.9. The maximum atomic E-state index is 15.6. The predicted molar refractivity (Wildman–Crippen MR) is 123 cm³/mol. The average Bonchev–Trinajstić information content (AvgIpc) is 2.79. The van der Waals surface area contributed by atoms with E-state index in [0.29, 0.717) is 35.8 Å². The van der Waals surface area contributed by atoms with Crippen LogP contribution in [0.1, 0.15) is 37.3 Å². The van der Waals surface area contributed by atoms with E-state index in [1.807, 2.05) is 11.8 Å². The van der Waals surface area contributed by atoms with Gasteiger partial charge in [-0.1, -0.05) is 13.0 Å². The number of phenolic OH excluding ortho intramolecular Hbond substituents is 1. The van der Waals surface area contributed by atoms with Crippen molar-refractivity contribution in [1.82, 2.24) is 9.88 Å². The molecule has 2 aliphatic heterocycles. The number of ether oxygens (including phenoxy) is 1. The largest absolute Gasteiger partial charge is 0.508 e. The number of benzene rings is 2. The number of piperidine rings is 1. The van der Waals surface area contributed by atoms with Crippen molar-refractivity contribution in [3.8, 4) is 17.0 Å². The molecule has 172 valence electrons. The number of nitrogen functional groups attached to an aromatic ring is 1. The zero-order valence-electron chi connectivity index (χ0n) is 18.4. The van der Waals surface area contributed by atoms with E-state index in [0.717, 1.165) is 25.9 Å². The van der Waals surface area contributed by atoms with Crippen LogP contribution in [0.4, 0.5) is 14.5 Å². The molecule has 1 spiro atoms. The van der Waals surface area contributed by atoms with Crippen molar-refractivity contribution in [2.24, 2.45) is 0 Å². The Balaban J connectivity index is 1.58. The number of rotatable bonds is 3. The number of anilines is 1. The minimum absolute atomic E-state index is 0.0808. The fourth-order valence-electron chi connectivity index (χ4n) is 5.08. The molecule has 2 saturated heterocycles. The van der Waals surface area contributed by atoms with Crippen molar-refractivity contribution in [2.75, 3.05) is 25.4 Å². The summed E-state index contributed by atoms with van der Waals surface area (Å²) >= 11 is 0. The quantitative estimate of drug-likeness (QED) is 0.398. The molecule has 0 saturated carbocycles. The summed E-state index contributed by atoms with van der Waals surface area (Å²) in [4.78, 5) is 6.17. The van der Waals surface area contributed by atoms with Crippen LogP contribution in [0, 0.1) is 17.0 Å². The molecule has 2 aliphatic rings. The van der Waals surface area contributed by atoms with Gasteiger partial charge in [-0.25, -0.2) is 8.78 Å². The Hall–Kier alpha value is -3.26. The Morgan fingerprint density at radius 2 is 2.09 bits per heavy atom. The maximum absolute atomic E-state index is 15.6. The Morgan fingerprint density at radius 3 is 2.79 bits per heavy atom. The number of nitrogens with zero attached hydrogens (tertiary/aromatic N) is 2. The van der Waals surface area contributed by atoms with Crippen LogP contribution in [0.25, 0.3) is 22.0 Å². The van der Waals surface area contributed by atoms with E-state index in [9.17, 15) is 9.50 Å². The van der Waals surface area contributed by atoms with Gasteiger partial charge in [0.25, 0.3) is 0 Å². The molecule has 4 N–H and O–H groups in total. The van der Waals surface area contributed by atoms with Gasteiger partial charge < -0.3 is 20.5 Å². The molecule has 0 bridgehead atoms. The topological polar surface area (TPSA) is 95.5 Å². The first-order chi connectivity index (χ1) is 15.8. The van der Waals surface area contributed by atoms with E-state index >= 15 is 4.39 Å². The van der Waals surface area contributed by atoms with E-state index < -0.39 is 11.6 Å². The van der Waals surface area contributed by atoms with Crippen molar-refractivity contribution < 1.29 is 18.6 Å². The minimum atomic E-state index is -0.790. The highest BCUT2D eigenvalue weighted by Gasteiger charge is 2.43. The summed E-state index contributed by atoms with van der Waals surface area (Å²) in [7, 11) is 0. The van der Waals surface area contributed by atoms with Gasteiger partial charge in [0.05, 0.1) is 23.5 Å². The molecule has 1 atom stereocenters. The van der Waals surface area contributed by atoms with Crippen LogP contribution in [0.5, 0.6) is 5.75 Å². The SMILES string of the molecule is CCc1c(F)ccc2cc(O)cc(-c3ncc(C(=N)N4CCC[C@]5(CCO5)C4)c(N)c3F)c12. The molecule has 3 aromatic rings. The molecular weight excluding hydrogens is 426 g/mol. The molecule has 6 nitrogen and oxygen atoms in total. The van der Waals surface area contributed by atoms with Crippen molar-refractivity contribution in [2.45, 2.75) is 38.2 Å². The van der Waals surface area contributed by atoms with Gasteiger partial charge in [0.2, 0.25) is 0 Å². The summed E-state index contributed by atoms with van der Waals surface area (Å²) in [6, 6.07) is 5.77. The number of likely N-dealkylation sites (tertiary alicyclic amines) is 1. The second-order valence-electron chi connectivity index (χ2n) is 8.87. The fourth-order valence-corrected chi connectivity index (χ4v) is 5.08. The van der Waals surface area contributed by atoms with Crippen LogP contribution in [-0.4, -0.2) is 46.1 Å². The first kappa shape index (κ1) is 21.6. The molecule has 0 unspecified atom stereocenters. The third-order valence-corrected chi connectivity index (χ3v) is 6.90. The van der Waals surface area contributed by atoms with Crippen LogP contribution in [0.2, 0.25) is 0 Å². The number of pyridine rings is 1. The Kier molecular flexibility index (Phi) is 5.20. The number of aromatic hydroxyl groups is 1. The molecule has 1 aromatic heterocycles. The van der Waals surface area contributed by atoms with Crippen LogP contribution >= 0.6 is 0 Å².